The van der Waals surface area contributed by atoms with Gasteiger partial charge < -0.3 is 10.6 Å². The second kappa shape index (κ2) is 8.45. The molecule has 0 spiro atoms. The molecule has 1 unspecified atom stereocenters. The number of halogens is 1. The molecule has 23 heavy (non-hydrogen) atoms. The first-order valence-corrected chi connectivity index (χ1v) is 8.80. The van der Waals surface area contributed by atoms with E-state index in [4.69, 9.17) is 0 Å². The smallest absolute Gasteiger partial charge is 0.241 e. The lowest BCUT2D eigenvalue weighted by Gasteiger charge is -2.35. The zero-order chi connectivity index (χ0) is 16.8. The molecule has 2 rings (SSSR count). The van der Waals surface area contributed by atoms with Gasteiger partial charge in [-0.1, -0.05) is 22.0 Å². The first kappa shape index (κ1) is 17.9. The molecule has 0 aromatic heterocycles. The number of likely N-dealkylation sites (tertiary alicyclic amines) is 1. The van der Waals surface area contributed by atoms with E-state index in [0.717, 1.165) is 42.6 Å². The number of carbonyl (C=O) groups excluding carboxylic acids is 2. The molecule has 1 heterocycles. The van der Waals surface area contributed by atoms with Crippen LogP contribution in [0, 0.1) is 5.92 Å². The first-order valence-electron chi connectivity index (χ1n) is 8.00. The maximum absolute atomic E-state index is 12.4. The monoisotopic (exact) mass is 381 g/mol. The summed E-state index contributed by atoms with van der Waals surface area (Å²) in [6.45, 7) is 6.00. The molecule has 1 atom stereocenters. The molecule has 5 nitrogen and oxygen atoms in total. The predicted octanol–water partition coefficient (Wildman–Crippen LogP) is 2.62. The van der Waals surface area contributed by atoms with Crippen LogP contribution in [0.2, 0.25) is 0 Å². The summed E-state index contributed by atoms with van der Waals surface area (Å²) in [7, 11) is 0. The van der Waals surface area contributed by atoms with E-state index in [2.05, 4.69) is 31.5 Å². The van der Waals surface area contributed by atoms with Gasteiger partial charge in [-0.25, -0.2) is 0 Å². The molecule has 1 aromatic rings. The Kier molecular flexibility index (Phi) is 6.59. The van der Waals surface area contributed by atoms with Gasteiger partial charge in [-0.05, 0) is 57.0 Å². The van der Waals surface area contributed by atoms with Crippen molar-refractivity contribution in [2.75, 3.05) is 25.0 Å². The van der Waals surface area contributed by atoms with Crippen LogP contribution in [0.25, 0.3) is 0 Å². The summed E-state index contributed by atoms with van der Waals surface area (Å²) in [5.74, 6) is 0.549. The fourth-order valence-corrected chi connectivity index (χ4v) is 3.21. The van der Waals surface area contributed by atoms with Gasteiger partial charge in [-0.3, -0.25) is 14.5 Å². The summed E-state index contributed by atoms with van der Waals surface area (Å²) in [5, 5.41) is 5.84. The van der Waals surface area contributed by atoms with E-state index >= 15 is 0 Å². The fourth-order valence-electron chi connectivity index (χ4n) is 2.81. The van der Waals surface area contributed by atoms with E-state index in [9.17, 15) is 9.59 Å². The summed E-state index contributed by atoms with van der Waals surface area (Å²) in [6, 6.07) is 7.45. The van der Waals surface area contributed by atoms with Crippen LogP contribution in [-0.2, 0) is 9.59 Å². The molecule has 1 fully saturated rings. The standard InChI is InChI=1S/C17H24BrN3O2/c1-12(17(23)20-16-5-3-4-15(18)10-16)21-8-6-14(7-9-21)11-19-13(2)22/h3-5,10,12,14H,6-9,11H2,1-2H3,(H,19,22)(H,20,23). The number of hydrogen-bond acceptors (Lipinski definition) is 3. The van der Waals surface area contributed by atoms with Crippen molar-refractivity contribution in [3.05, 3.63) is 28.7 Å². The van der Waals surface area contributed by atoms with Gasteiger partial charge in [0.05, 0.1) is 6.04 Å². The summed E-state index contributed by atoms with van der Waals surface area (Å²) in [4.78, 5) is 25.6. The lowest BCUT2D eigenvalue weighted by Crippen LogP contribution is -2.47. The summed E-state index contributed by atoms with van der Waals surface area (Å²) >= 11 is 3.41. The number of nitrogens with zero attached hydrogens (tertiary/aromatic N) is 1. The van der Waals surface area contributed by atoms with Gasteiger partial charge in [0.1, 0.15) is 0 Å². The lowest BCUT2D eigenvalue weighted by atomic mass is 9.95. The van der Waals surface area contributed by atoms with E-state index in [1.807, 2.05) is 31.2 Å². The molecule has 0 radical (unpaired) electrons. The molecule has 0 saturated carbocycles. The highest BCUT2D eigenvalue weighted by Gasteiger charge is 2.26. The Labute approximate surface area is 145 Å². The average molecular weight is 382 g/mol. The van der Waals surface area contributed by atoms with E-state index in [1.165, 1.54) is 0 Å². The summed E-state index contributed by atoms with van der Waals surface area (Å²) < 4.78 is 0.946. The number of rotatable bonds is 5. The second-order valence-corrected chi connectivity index (χ2v) is 7.01. The molecule has 2 amide bonds. The number of nitrogens with one attached hydrogen (secondary N) is 2. The average Bonchev–Trinajstić information content (AvgIpc) is 2.52. The number of benzene rings is 1. The number of anilines is 1. The number of carbonyl (C=O) groups is 2. The Balaban J connectivity index is 1.81. The van der Waals surface area contributed by atoms with Gasteiger partial charge in [0, 0.05) is 23.6 Å². The second-order valence-electron chi connectivity index (χ2n) is 6.09. The molecular formula is C17H24BrN3O2. The third-order valence-electron chi connectivity index (χ3n) is 4.31. The Morgan fingerprint density at radius 2 is 2.04 bits per heavy atom. The quantitative estimate of drug-likeness (QED) is 0.823. The van der Waals surface area contributed by atoms with E-state index in [-0.39, 0.29) is 17.9 Å². The van der Waals surface area contributed by atoms with Crippen molar-refractivity contribution < 1.29 is 9.59 Å². The van der Waals surface area contributed by atoms with Crippen molar-refractivity contribution in [2.45, 2.75) is 32.7 Å². The van der Waals surface area contributed by atoms with Gasteiger partial charge in [0.2, 0.25) is 11.8 Å². The van der Waals surface area contributed by atoms with Crippen LogP contribution in [0.4, 0.5) is 5.69 Å². The van der Waals surface area contributed by atoms with Crippen molar-refractivity contribution in [1.82, 2.24) is 10.2 Å². The molecule has 0 bridgehead atoms. The zero-order valence-electron chi connectivity index (χ0n) is 13.6. The largest absolute Gasteiger partial charge is 0.356 e. The number of amides is 2. The van der Waals surface area contributed by atoms with Crippen molar-refractivity contribution >= 4 is 33.4 Å². The SMILES string of the molecule is CC(=O)NCC1CCN(C(C)C(=O)Nc2cccc(Br)c2)CC1. The summed E-state index contributed by atoms with van der Waals surface area (Å²) in [5.41, 5.74) is 0.803. The Hall–Kier alpha value is -1.40. The molecule has 126 valence electrons. The summed E-state index contributed by atoms with van der Waals surface area (Å²) in [6.07, 6.45) is 2.02. The zero-order valence-corrected chi connectivity index (χ0v) is 15.2. The molecular weight excluding hydrogens is 358 g/mol. The lowest BCUT2D eigenvalue weighted by molar-refractivity contribution is -0.121. The van der Waals surface area contributed by atoms with Gasteiger partial charge in [-0.2, -0.15) is 0 Å². The maximum Gasteiger partial charge on any atom is 0.241 e. The third kappa shape index (κ3) is 5.62. The number of hydrogen-bond donors (Lipinski definition) is 2. The molecule has 2 N–H and O–H groups in total. The van der Waals surface area contributed by atoms with Crippen molar-refractivity contribution in [3.8, 4) is 0 Å². The van der Waals surface area contributed by atoms with Crippen molar-refractivity contribution in [2.24, 2.45) is 5.92 Å². The van der Waals surface area contributed by atoms with Crippen LogP contribution in [-0.4, -0.2) is 42.4 Å². The van der Waals surface area contributed by atoms with E-state index in [0.29, 0.717) is 5.92 Å². The van der Waals surface area contributed by atoms with Crippen LogP contribution in [0.5, 0.6) is 0 Å². The van der Waals surface area contributed by atoms with Crippen LogP contribution >= 0.6 is 15.9 Å². The third-order valence-corrected chi connectivity index (χ3v) is 4.80. The van der Waals surface area contributed by atoms with Gasteiger partial charge in [0.15, 0.2) is 0 Å². The topological polar surface area (TPSA) is 61.4 Å². The van der Waals surface area contributed by atoms with Gasteiger partial charge in [-0.15, -0.1) is 0 Å². The predicted molar refractivity (Wildman–Crippen MR) is 95.2 cm³/mol. The van der Waals surface area contributed by atoms with E-state index in [1.54, 1.807) is 6.92 Å². The van der Waals surface area contributed by atoms with Crippen molar-refractivity contribution in [1.29, 1.82) is 0 Å². The van der Waals surface area contributed by atoms with Gasteiger partial charge in [0.25, 0.3) is 0 Å². The molecule has 1 saturated heterocycles. The highest BCUT2D eigenvalue weighted by Crippen LogP contribution is 2.20. The minimum atomic E-state index is -0.157. The molecule has 1 aromatic carbocycles. The van der Waals surface area contributed by atoms with Gasteiger partial charge >= 0.3 is 0 Å². The molecule has 1 aliphatic heterocycles. The molecule has 0 aliphatic carbocycles. The van der Waals surface area contributed by atoms with Crippen LogP contribution in [0.15, 0.2) is 28.7 Å². The Morgan fingerprint density at radius 1 is 1.35 bits per heavy atom. The molecule has 1 aliphatic rings. The number of piperidine rings is 1. The Morgan fingerprint density at radius 3 is 2.65 bits per heavy atom. The molecule has 6 heteroatoms. The normalized spacial score (nSPS) is 17.5. The van der Waals surface area contributed by atoms with Crippen LogP contribution < -0.4 is 10.6 Å². The highest BCUT2D eigenvalue weighted by atomic mass is 79.9. The Bertz CT molecular complexity index is 557. The van der Waals surface area contributed by atoms with Crippen molar-refractivity contribution in [3.63, 3.8) is 0 Å². The maximum atomic E-state index is 12.4. The first-order chi connectivity index (χ1) is 11.0. The van der Waals surface area contributed by atoms with Crippen LogP contribution in [0.3, 0.4) is 0 Å². The minimum Gasteiger partial charge on any atom is -0.356 e. The highest BCUT2D eigenvalue weighted by molar-refractivity contribution is 9.10. The van der Waals surface area contributed by atoms with E-state index < -0.39 is 0 Å². The van der Waals surface area contributed by atoms with Crippen LogP contribution in [0.1, 0.15) is 26.7 Å². The minimum absolute atomic E-state index is 0.0170. The fraction of sp³-hybridized carbons (Fsp3) is 0.529.